The monoisotopic (exact) mass is 246 g/mol. The van der Waals surface area contributed by atoms with Crippen LogP contribution in [0, 0.1) is 13.8 Å². The Kier molecular flexibility index (Phi) is 2.90. The summed E-state index contributed by atoms with van der Waals surface area (Å²) in [5.41, 5.74) is 10.8. The molecule has 0 aliphatic rings. The second-order valence-electron chi connectivity index (χ2n) is 5.55. The molecule has 2 rings (SSSR count). The minimum Gasteiger partial charge on any atom is -0.495 e. The molecule has 1 heterocycles. The van der Waals surface area contributed by atoms with Gasteiger partial charge in [-0.05, 0) is 39.3 Å². The van der Waals surface area contributed by atoms with E-state index in [4.69, 9.17) is 10.5 Å². The summed E-state index contributed by atoms with van der Waals surface area (Å²) in [7, 11) is 3.77. The van der Waals surface area contributed by atoms with Crippen molar-refractivity contribution in [1.29, 1.82) is 0 Å². The highest BCUT2D eigenvalue weighted by atomic mass is 16.5. The molecule has 0 bridgehead atoms. The Bertz CT molecular complexity index is 603. The van der Waals surface area contributed by atoms with Crippen molar-refractivity contribution in [2.45, 2.75) is 33.2 Å². The predicted molar refractivity (Wildman–Crippen MR) is 76.2 cm³/mol. The van der Waals surface area contributed by atoms with Crippen LogP contribution < -0.4 is 10.5 Å². The second-order valence-corrected chi connectivity index (χ2v) is 5.55. The minimum absolute atomic E-state index is 0.360. The first kappa shape index (κ1) is 13.0. The zero-order valence-corrected chi connectivity index (χ0v) is 12.1. The first-order valence-electron chi connectivity index (χ1n) is 6.21. The summed E-state index contributed by atoms with van der Waals surface area (Å²) < 4.78 is 7.65. The maximum atomic E-state index is 6.34. The van der Waals surface area contributed by atoms with E-state index < -0.39 is 0 Å². The van der Waals surface area contributed by atoms with E-state index in [1.807, 2.05) is 19.9 Å². The van der Waals surface area contributed by atoms with Gasteiger partial charge in [0.05, 0.1) is 12.6 Å². The quantitative estimate of drug-likeness (QED) is 0.885. The Morgan fingerprint density at radius 1 is 1.22 bits per heavy atom. The van der Waals surface area contributed by atoms with Crippen LogP contribution in [0.5, 0.6) is 5.75 Å². The van der Waals surface area contributed by atoms with Crippen molar-refractivity contribution in [3.63, 3.8) is 0 Å². The van der Waals surface area contributed by atoms with E-state index in [0.717, 1.165) is 11.3 Å². The molecule has 0 atom stereocenters. The summed E-state index contributed by atoms with van der Waals surface area (Å²) in [4.78, 5) is 0. The van der Waals surface area contributed by atoms with Gasteiger partial charge >= 0.3 is 0 Å². The number of hydrogen-bond donors (Lipinski definition) is 1. The molecule has 98 valence electrons. The van der Waals surface area contributed by atoms with Crippen molar-refractivity contribution >= 4 is 10.9 Å². The molecule has 3 heteroatoms. The highest BCUT2D eigenvalue weighted by Gasteiger charge is 2.26. The lowest BCUT2D eigenvalue weighted by atomic mass is 9.91. The molecule has 0 amide bonds. The molecule has 2 aromatic rings. The third-order valence-electron chi connectivity index (χ3n) is 3.66. The zero-order chi connectivity index (χ0) is 13.7. The summed E-state index contributed by atoms with van der Waals surface area (Å²) in [6, 6.07) is 4.11. The lowest BCUT2D eigenvalue weighted by molar-refractivity contribution is 0.417. The van der Waals surface area contributed by atoms with Gasteiger partial charge in [0, 0.05) is 29.2 Å². The highest BCUT2D eigenvalue weighted by molar-refractivity contribution is 5.93. The standard InChI is InChI=1S/C15H22N2O/c1-9-7-8-11(18-6)14-12(9)13(15(3,4)16)10(2)17(14)5/h7-8H,16H2,1-6H3. The topological polar surface area (TPSA) is 40.2 Å². The first-order valence-corrected chi connectivity index (χ1v) is 6.21. The lowest BCUT2D eigenvalue weighted by Crippen LogP contribution is -2.29. The molecule has 1 aromatic carbocycles. The fraction of sp³-hybridized carbons (Fsp3) is 0.467. The molecule has 0 aliphatic carbocycles. The molecule has 1 aromatic heterocycles. The van der Waals surface area contributed by atoms with E-state index in [0.29, 0.717) is 0 Å². The van der Waals surface area contributed by atoms with Gasteiger partial charge in [-0.1, -0.05) is 6.07 Å². The highest BCUT2D eigenvalue weighted by Crippen LogP contribution is 2.38. The SMILES string of the molecule is COc1ccc(C)c2c(C(C)(C)N)c(C)n(C)c12. The normalized spacial score (nSPS) is 12.2. The number of aryl methyl sites for hydroxylation is 2. The van der Waals surface area contributed by atoms with Crippen LogP contribution in [0.3, 0.4) is 0 Å². The molecular formula is C15H22N2O. The number of hydrogen-bond acceptors (Lipinski definition) is 2. The van der Waals surface area contributed by atoms with Crippen LogP contribution in [0.4, 0.5) is 0 Å². The molecule has 2 N–H and O–H groups in total. The van der Waals surface area contributed by atoms with Crippen LogP contribution in [0.1, 0.15) is 30.7 Å². The van der Waals surface area contributed by atoms with Crippen molar-refractivity contribution < 1.29 is 4.74 Å². The average molecular weight is 246 g/mol. The minimum atomic E-state index is -0.360. The number of fused-ring (bicyclic) bond motifs is 1. The molecule has 0 fully saturated rings. The van der Waals surface area contributed by atoms with Crippen LogP contribution in [0.2, 0.25) is 0 Å². The summed E-state index contributed by atoms with van der Waals surface area (Å²) in [6.45, 7) is 8.33. The van der Waals surface area contributed by atoms with E-state index >= 15 is 0 Å². The Morgan fingerprint density at radius 3 is 2.33 bits per heavy atom. The van der Waals surface area contributed by atoms with Gasteiger partial charge in [-0.25, -0.2) is 0 Å². The van der Waals surface area contributed by atoms with Crippen molar-refractivity contribution in [1.82, 2.24) is 4.57 Å². The van der Waals surface area contributed by atoms with E-state index in [1.165, 1.54) is 22.2 Å². The smallest absolute Gasteiger partial charge is 0.143 e. The summed E-state index contributed by atoms with van der Waals surface area (Å²) in [5, 5.41) is 1.22. The van der Waals surface area contributed by atoms with Crippen LogP contribution in [0.15, 0.2) is 12.1 Å². The van der Waals surface area contributed by atoms with Gasteiger partial charge in [0.1, 0.15) is 5.75 Å². The van der Waals surface area contributed by atoms with Crippen molar-refractivity contribution in [3.05, 3.63) is 29.0 Å². The molecule has 0 saturated carbocycles. The number of ether oxygens (including phenoxy) is 1. The van der Waals surface area contributed by atoms with Crippen LogP contribution >= 0.6 is 0 Å². The van der Waals surface area contributed by atoms with Crippen LogP contribution in [-0.2, 0) is 12.6 Å². The molecule has 0 saturated heterocycles. The molecule has 18 heavy (non-hydrogen) atoms. The van der Waals surface area contributed by atoms with Crippen LogP contribution in [-0.4, -0.2) is 11.7 Å². The molecule has 0 unspecified atom stereocenters. The lowest BCUT2D eigenvalue weighted by Gasteiger charge is -2.20. The van der Waals surface area contributed by atoms with Gasteiger partial charge in [0.15, 0.2) is 0 Å². The molecule has 3 nitrogen and oxygen atoms in total. The van der Waals surface area contributed by atoms with Crippen molar-refractivity contribution in [2.24, 2.45) is 12.8 Å². The number of nitrogens with zero attached hydrogens (tertiary/aromatic N) is 1. The molecule has 0 aliphatic heterocycles. The number of methoxy groups -OCH3 is 1. The Labute approximate surface area is 109 Å². The maximum absolute atomic E-state index is 6.34. The third-order valence-corrected chi connectivity index (χ3v) is 3.66. The summed E-state index contributed by atoms with van der Waals surface area (Å²) >= 11 is 0. The van der Waals surface area contributed by atoms with Gasteiger partial charge in [-0.2, -0.15) is 0 Å². The Balaban J connectivity index is 3.02. The number of nitrogens with two attached hydrogens (primary N) is 1. The van der Waals surface area contributed by atoms with Gasteiger partial charge in [-0.15, -0.1) is 0 Å². The second kappa shape index (κ2) is 4.02. The van der Waals surface area contributed by atoms with E-state index in [-0.39, 0.29) is 5.54 Å². The van der Waals surface area contributed by atoms with Gasteiger partial charge in [0.2, 0.25) is 0 Å². The summed E-state index contributed by atoms with van der Waals surface area (Å²) in [5.74, 6) is 0.900. The first-order chi connectivity index (χ1) is 8.29. The Morgan fingerprint density at radius 2 is 1.83 bits per heavy atom. The summed E-state index contributed by atoms with van der Waals surface area (Å²) in [6.07, 6.45) is 0. The third kappa shape index (κ3) is 1.70. The Hall–Kier alpha value is -1.48. The largest absolute Gasteiger partial charge is 0.495 e. The number of benzene rings is 1. The number of aromatic nitrogens is 1. The fourth-order valence-corrected chi connectivity index (χ4v) is 2.79. The number of rotatable bonds is 2. The fourth-order valence-electron chi connectivity index (χ4n) is 2.79. The van der Waals surface area contributed by atoms with Crippen molar-refractivity contribution in [3.8, 4) is 5.75 Å². The maximum Gasteiger partial charge on any atom is 0.143 e. The molecule has 0 spiro atoms. The average Bonchev–Trinajstić information content (AvgIpc) is 2.54. The van der Waals surface area contributed by atoms with Crippen LogP contribution in [0.25, 0.3) is 10.9 Å². The van der Waals surface area contributed by atoms with E-state index in [9.17, 15) is 0 Å². The molecular weight excluding hydrogens is 224 g/mol. The van der Waals surface area contributed by atoms with Crippen molar-refractivity contribution in [2.75, 3.05) is 7.11 Å². The predicted octanol–water partition coefficient (Wildman–Crippen LogP) is 3.00. The van der Waals surface area contributed by atoms with E-state index in [1.54, 1.807) is 7.11 Å². The zero-order valence-electron chi connectivity index (χ0n) is 12.1. The van der Waals surface area contributed by atoms with Gasteiger partial charge in [0.25, 0.3) is 0 Å². The van der Waals surface area contributed by atoms with E-state index in [2.05, 4.69) is 31.5 Å². The van der Waals surface area contributed by atoms with Gasteiger partial charge in [-0.3, -0.25) is 0 Å². The van der Waals surface area contributed by atoms with Gasteiger partial charge < -0.3 is 15.0 Å². The molecule has 0 radical (unpaired) electrons.